The minimum absolute atomic E-state index is 0.124. The monoisotopic (exact) mass is 242 g/mol. The Balaban J connectivity index is 1.80. The summed E-state index contributed by atoms with van der Waals surface area (Å²) in [6.45, 7) is 4.73. The van der Waals surface area contributed by atoms with Gasteiger partial charge in [0.2, 0.25) is 5.89 Å². The SMILES string of the molecule is Cc1cnc(C(C)NC/C=C/c2ccccc2)o1. The van der Waals surface area contributed by atoms with Crippen molar-refractivity contribution < 1.29 is 4.42 Å². The average Bonchev–Trinajstić information content (AvgIpc) is 2.82. The molecule has 0 radical (unpaired) electrons. The van der Waals surface area contributed by atoms with E-state index in [0.717, 1.165) is 18.2 Å². The highest BCUT2D eigenvalue weighted by molar-refractivity contribution is 5.48. The molecule has 2 rings (SSSR count). The summed E-state index contributed by atoms with van der Waals surface area (Å²) in [5.41, 5.74) is 1.21. The highest BCUT2D eigenvalue weighted by Gasteiger charge is 2.08. The molecule has 1 heterocycles. The van der Waals surface area contributed by atoms with Gasteiger partial charge in [-0.05, 0) is 19.4 Å². The van der Waals surface area contributed by atoms with Crippen molar-refractivity contribution in [3.63, 3.8) is 0 Å². The molecule has 0 bridgehead atoms. The van der Waals surface area contributed by atoms with Gasteiger partial charge in [0, 0.05) is 6.54 Å². The van der Waals surface area contributed by atoms with E-state index in [9.17, 15) is 0 Å². The average molecular weight is 242 g/mol. The Bertz CT molecular complexity index is 502. The van der Waals surface area contributed by atoms with Gasteiger partial charge in [0.05, 0.1) is 12.2 Å². The maximum atomic E-state index is 5.46. The fourth-order valence-electron chi connectivity index (χ4n) is 1.66. The number of hydrogen-bond acceptors (Lipinski definition) is 3. The van der Waals surface area contributed by atoms with Crippen molar-refractivity contribution in [3.05, 3.63) is 59.8 Å². The van der Waals surface area contributed by atoms with Crippen LogP contribution in [-0.2, 0) is 0 Å². The summed E-state index contributed by atoms with van der Waals surface area (Å²) in [4.78, 5) is 4.20. The van der Waals surface area contributed by atoms with Crippen molar-refractivity contribution in [1.29, 1.82) is 0 Å². The van der Waals surface area contributed by atoms with Gasteiger partial charge in [0.25, 0.3) is 0 Å². The van der Waals surface area contributed by atoms with E-state index in [4.69, 9.17) is 4.42 Å². The molecule has 0 saturated heterocycles. The topological polar surface area (TPSA) is 38.1 Å². The predicted molar refractivity (Wildman–Crippen MR) is 73.1 cm³/mol. The summed E-state index contributed by atoms with van der Waals surface area (Å²) in [7, 11) is 0. The molecule has 0 aliphatic rings. The molecule has 0 amide bonds. The Labute approximate surface area is 108 Å². The second-order valence-corrected chi connectivity index (χ2v) is 4.25. The summed E-state index contributed by atoms with van der Waals surface area (Å²) in [6.07, 6.45) is 5.94. The van der Waals surface area contributed by atoms with Crippen LogP contribution in [0.15, 0.2) is 47.0 Å². The quantitative estimate of drug-likeness (QED) is 0.873. The number of aryl methyl sites for hydroxylation is 1. The first-order valence-corrected chi connectivity index (χ1v) is 6.13. The second kappa shape index (κ2) is 6.17. The van der Waals surface area contributed by atoms with E-state index in [-0.39, 0.29) is 6.04 Å². The molecule has 3 nitrogen and oxygen atoms in total. The summed E-state index contributed by atoms with van der Waals surface area (Å²) in [5.74, 6) is 1.58. The molecule has 2 aromatic rings. The van der Waals surface area contributed by atoms with Crippen LogP contribution >= 0.6 is 0 Å². The Morgan fingerprint density at radius 3 is 2.78 bits per heavy atom. The first kappa shape index (κ1) is 12.6. The molecule has 0 aliphatic heterocycles. The van der Waals surface area contributed by atoms with Crippen molar-refractivity contribution in [1.82, 2.24) is 10.3 Å². The van der Waals surface area contributed by atoms with Gasteiger partial charge in [0.1, 0.15) is 5.76 Å². The normalized spacial score (nSPS) is 13.0. The van der Waals surface area contributed by atoms with Crippen LogP contribution in [0.3, 0.4) is 0 Å². The minimum atomic E-state index is 0.124. The van der Waals surface area contributed by atoms with Crippen molar-refractivity contribution in [2.75, 3.05) is 6.54 Å². The molecule has 1 aromatic carbocycles. The Morgan fingerprint density at radius 2 is 2.11 bits per heavy atom. The van der Waals surface area contributed by atoms with E-state index in [1.165, 1.54) is 5.56 Å². The van der Waals surface area contributed by atoms with E-state index in [0.29, 0.717) is 0 Å². The van der Waals surface area contributed by atoms with Crippen LogP contribution < -0.4 is 5.32 Å². The zero-order chi connectivity index (χ0) is 12.8. The lowest BCUT2D eigenvalue weighted by atomic mass is 10.2. The molecule has 1 unspecified atom stereocenters. The van der Waals surface area contributed by atoms with Gasteiger partial charge in [-0.3, -0.25) is 0 Å². The first-order chi connectivity index (χ1) is 8.75. The van der Waals surface area contributed by atoms with Crippen molar-refractivity contribution in [2.45, 2.75) is 19.9 Å². The van der Waals surface area contributed by atoms with Gasteiger partial charge >= 0.3 is 0 Å². The standard InChI is InChI=1S/C15H18N2O/c1-12-11-17-15(18-12)13(2)16-10-6-9-14-7-4-3-5-8-14/h3-9,11,13,16H,10H2,1-2H3/b9-6+. The fourth-order valence-corrected chi connectivity index (χ4v) is 1.66. The number of oxazole rings is 1. The van der Waals surface area contributed by atoms with Gasteiger partial charge in [-0.1, -0.05) is 42.5 Å². The van der Waals surface area contributed by atoms with Crippen LogP contribution in [0.5, 0.6) is 0 Å². The lowest BCUT2D eigenvalue weighted by Crippen LogP contribution is -2.18. The Hall–Kier alpha value is -1.87. The fraction of sp³-hybridized carbons (Fsp3) is 0.267. The first-order valence-electron chi connectivity index (χ1n) is 6.13. The maximum absolute atomic E-state index is 5.46. The molecular formula is C15H18N2O. The van der Waals surface area contributed by atoms with E-state index in [2.05, 4.69) is 34.6 Å². The largest absolute Gasteiger partial charge is 0.444 e. The van der Waals surface area contributed by atoms with E-state index >= 15 is 0 Å². The summed E-state index contributed by atoms with van der Waals surface area (Å²) in [6, 6.07) is 10.4. The van der Waals surface area contributed by atoms with Crippen molar-refractivity contribution in [2.24, 2.45) is 0 Å². The number of benzene rings is 1. The molecule has 3 heteroatoms. The van der Waals surface area contributed by atoms with Crippen LogP contribution in [-0.4, -0.2) is 11.5 Å². The molecule has 1 aromatic heterocycles. The van der Waals surface area contributed by atoms with E-state index in [1.54, 1.807) is 6.20 Å². The van der Waals surface area contributed by atoms with Gasteiger partial charge < -0.3 is 9.73 Å². The van der Waals surface area contributed by atoms with E-state index < -0.39 is 0 Å². The minimum Gasteiger partial charge on any atom is -0.444 e. The lowest BCUT2D eigenvalue weighted by molar-refractivity contribution is 0.411. The van der Waals surface area contributed by atoms with Crippen molar-refractivity contribution in [3.8, 4) is 0 Å². The molecule has 0 spiro atoms. The third-order valence-corrected chi connectivity index (χ3v) is 2.66. The van der Waals surface area contributed by atoms with Crippen molar-refractivity contribution >= 4 is 6.08 Å². The molecule has 1 atom stereocenters. The summed E-state index contributed by atoms with van der Waals surface area (Å²) < 4.78 is 5.46. The highest BCUT2D eigenvalue weighted by Crippen LogP contribution is 2.11. The Kier molecular flexibility index (Phi) is 4.31. The lowest BCUT2D eigenvalue weighted by Gasteiger charge is -2.07. The van der Waals surface area contributed by atoms with Gasteiger partial charge in [-0.2, -0.15) is 0 Å². The van der Waals surface area contributed by atoms with Crippen LogP contribution in [0.25, 0.3) is 6.08 Å². The second-order valence-electron chi connectivity index (χ2n) is 4.25. The zero-order valence-corrected chi connectivity index (χ0v) is 10.8. The number of nitrogens with one attached hydrogen (secondary N) is 1. The van der Waals surface area contributed by atoms with Crippen LogP contribution in [0.1, 0.15) is 30.2 Å². The molecule has 94 valence electrons. The van der Waals surface area contributed by atoms with Gasteiger partial charge in [-0.25, -0.2) is 4.98 Å². The number of aromatic nitrogens is 1. The summed E-state index contributed by atoms with van der Waals surface area (Å²) in [5, 5.41) is 3.34. The Morgan fingerprint density at radius 1 is 1.33 bits per heavy atom. The molecule has 0 saturated carbocycles. The van der Waals surface area contributed by atoms with Crippen LogP contribution in [0, 0.1) is 6.92 Å². The van der Waals surface area contributed by atoms with Gasteiger partial charge in [-0.15, -0.1) is 0 Å². The molecule has 0 fully saturated rings. The molecular weight excluding hydrogens is 224 g/mol. The van der Waals surface area contributed by atoms with Crippen LogP contribution in [0.4, 0.5) is 0 Å². The molecule has 1 N–H and O–H groups in total. The third kappa shape index (κ3) is 3.57. The smallest absolute Gasteiger partial charge is 0.211 e. The van der Waals surface area contributed by atoms with E-state index in [1.807, 2.05) is 32.0 Å². The maximum Gasteiger partial charge on any atom is 0.211 e. The third-order valence-electron chi connectivity index (χ3n) is 2.66. The molecule has 18 heavy (non-hydrogen) atoms. The summed E-state index contributed by atoms with van der Waals surface area (Å²) >= 11 is 0. The zero-order valence-electron chi connectivity index (χ0n) is 10.8. The van der Waals surface area contributed by atoms with Crippen LogP contribution in [0.2, 0.25) is 0 Å². The predicted octanol–water partition coefficient (Wildman–Crippen LogP) is 3.35. The molecule has 0 aliphatic carbocycles. The highest BCUT2D eigenvalue weighted by atomic mass is 16.4. The number of nitrogens with zero attached hydrogens (tertiary/aromatic N) is 1. The van der Waals surface area contributed by atoms with Gasteiger partial charge in [0.15, 0.2) is 0 Å². The number of hydrogen-bond donors (Lipinski definition) is 1. The number of rotatable bonds is 5.